The molecular formula is C9H12O6S2. The predicted molar refractivity (Wildman–Crippen MR) is 62.0 cm³/mol. The molecule has 0 bridgehead atoms. The Morgan fingerprint density at radius 3 is 1.88 bits per heavy atom. The normalized spacial score (nSPS) is 12.1. The lowest BCUT2D eigenvalue weighted by atomic mass is 10.3. The first kappa shape index (κ1) is 13.8. The highest BCUT2D eigenvalue weighted by Gasteiger charge is 2.16. The summed E-state index contributed by atoms with van der Waals surface area (Å²) in [4.78, 5) is 0. The molecule has 0 aliphatic heterocycles. The molecule has 0 heterocycles. The highest BCUT2D eigenvalue weighted by Crippen LogP contribution is 2.28. The van der Waals surface area contributed by atoms with Gasteiger partial charge in [-0.2, -0.15) is 16.8 Å². The predicted octanol–water partition coefficient (Wildman–Crippen LogP) is 0.754. The Morgan fingerprint density at radius 2 is 1.47 bits per heavy atom. The molecule has 0 fully saturated rings. The first-order valence-corrected chi connectivity index (χ1v) is 8.03. The molecule has 8 heteroatoms. The second kappa shape index (κ2) is 4.92. The zero-order valence-corrected chi connectivity index (χ0v) is 10.9. The monoisotopic (exact) mass is 280 g/mol. The maximum Gasteiger partial charge on any atom is 0.309 e. The van der Waals surface area contributed by atoms with Crippen molar-refractivity contribution in [2.75, 3.05) is 12.0 Å². The molecule has 0 atom stereocenters. The molecule has 96 valence electrons. The minimum Gasteiger partial charge on any atom is -0.379 e. The second-order valence-corrected chi connectivity index (χ2v) is 6.60. The maximum atomic E-state index is 11.3. The van der Waals surface area contributed by atoms with Gasteiger partial charge in [-0.25, -0.2) is 0 Å². The SMILES string of the molecule is CCS(=O)(=O)Oc1ccccc1OS(C)(=O)=O. The fourth-order valence-electron chi connectivity index (χ4n) is 0.947. The van der Waals surface area contributed by atoms with Crippen molar-refractivity contribution < 1.29 is 25.2 Å². The Morgan fingerprint density at radius 1 is 1.00 bits per heavy atom. The summed E-state index contributed by atoms with van der Waals surface area (Å²) in [5, 5.41) is 0. The Labute approximate surface area is 100 Å². The van der Waals surface area contributed by atoms with E-state index in [2.05, 4.69) is 4.18 Å². The lowest BCUT2D eigenvalue weighted by Crippen LogP contribution is -2.13. The summed E-state index contributed by atoms with van der Waals surface area (Å²) in [6.07, 6.45) is 0.859. The molecule has 0 saturated heterocycles. The van der Waals surface area contributed by atoms with Crippen LogP contribution in [0.3, 0.4) is 0 Å². The van der Waals surface area contributed by atoms with Gasteiger partial charge in [0, 0.05) is 0 Å². The van der Waals surface area contributed by atoms with E-state index in [0.717, 1.165) is 6.26 Å². The number of para-hydroxylation sites is 2. The lowest BCUT2D eigenvalue weighted by molar-refractivity contribution is 0.453. The summed E-state index contributed by atoms with van der Waals surface area (Å²) in [7, 11) is -7.46. The van der Waals surface area contributed by atoms with Crippen molar-refractivity contribution in [1.29, 1.82) is 0 Å². The van der Waals surface area contributed by atoms with Crippen molar-refractivity contribution >= 4 is 20.2 Å². The zero-order chi connectivity index (χ0) is 13.1. The first-order chi connectivity index (χ1) is 7.73. The van der Waals surface area contributed by atoms with Gasteiger partial charge in [-0.1, -0.05) is 12.1 Å². The van der Waals surface area contributed by atoms with Crippen molar-refractivity contribution in [2.24, 2.45) is 0 Å². The van der Waals surface area contributed by atoms with E-state index in [9.17, 15) is 16.8 Å². The molecule has 6 nitrogen and oxygen atoms in total. The van der Waals surface area contributed by atoms with E-state index in [1.807, 2.05) is 0 Å². The van der Waals surface area contributed by atoms with Crippen molar-refractivity contribution in [2.45, 2.75) is 6.92 Å². The molecular weight excluding hydrogens is 268 g/mol. The standard InChI is InChI=1S/C9H12O6S2/c1-3-17(12,13)15-9-7-5-4-6-8(9)14-16(2,10)11/h4-7H,3H2,1-2H3. The van der Waals surface area contributed by atoms with Gasteiger partial charge in [0.1, 0.15) is 0 Å². The maximum absolute atomic E-state index is 11.3. The Balaban J connectivity index is 3.09. The molecule has 1 aromatic carbocycles. The van der Waals surface area contributed by atoms with E-state index in [4.69, 9.17) is 4.18 Å². The third-order valence-electron chi connectivity index (χ3n) is 1.66. The molecule has 0 aliphatic rings. The van der Waals surface area contributed by atoms with Gasteiger partial charge in [0.05, 0.1) is 12.0 Å². The van der Waals surface area contributed by atoms with Gasteiger partial charge in [-0.3, -0.25) is 0 Å². The van der Waals surface area contributed by atoms with E-state index >= 15 is 0 Å². The van der Waals surface area contributed by atoms with Gasteiger partial charge in [-0.15, -0.1) is 0 Å². The topological polar surface area (TPSA) is 86.7 Å². The van der Waals surface area contributed by atoms with Crippen LogP contribution in [-0.2, 0) is 20.2 Å². The third kappa shape index (κ3) is 4.61. The largest absolute Gasteiger partial charge is 0.379 e. The molecule has 0 spiro atoms. The van der Waals surface area contributed by atoms with Gasteiger partial charge in [-0.05, 0) is 19.1 Å². The summed E-state index contributed by atoms with van der Waals surface area (Å²) in [5.41, 5.74) is 0. The van der Waals surface area contributed by atoms with Crippen molar-refractivity contribution in [3.05, 3.63) is 24.3 Å². The molecule has 0 aromatic heterocycles. The molecule has 0 amide bonds. The van der Waals surface area contributed by atoms with Gasteiger partial charge < -0.3 is 8.37 Å². The Kier molecular flexibility index (Phi) is 3.99. The Hall–Kier alpha value is -1.28. The quantitative estimate of drug-likeness (QED) is 0.740. The molecule has 0 aliphatic carbocycles. The van der Waals surface area contributed by atoms with Crippen molar-refractivity contribution in [3.63, 3.8) is 0 Å². The van der Waals surface area contributed by atoms with Gasteiger partial charge >= 0.3 is 20.2 Å². The minimum absolute atomic E-state index is 0.153. The second-order valence-electron chi connectivity index (χ2n) is 3.16. The van der Waals surface area contributed by atoms with E-state index in [0.29, 0.717) is 0 Å². The smallest absolute Gasteiger partial charge is 0.309 e. The van der Waals surface area contributed by atoms with Gasteiger partial charge in [0.25, 0.3) is 0 Å². The molecule has 17 heavy (non-hydrogen) atoms. The number of hydrogen-bond donors (Lipinski definition) is 0. The Bertz CT molecular complexity index is 588. The fraction of sp³-hybridized carbons (Fsp3) is 0.333. The van der Waals surface area contributed by atoms with E-state index in [-0.39, 0.29) is 17.3 Å². The average Bonchev–Trinajstić information content (AvgIpc) is 2.19. The summed E-state index contributed by atoms with van der Waals surface area (Å²) in [6, 6.07) is 5.64. The summed E-state index contributed by atoms with van der Waals surface area (Å²) >= 11 is 0. The van der Waals surface area contributed by atoms with E-state index in [1.165, 1.54) is 31.2 Å². The van der Waals surface area contributed by atoms with Crippen LogP contribution in [0.4, 0.5) is 0 Å². The van der Waals surface area contributed by atoms with Crippen LogP contribution in [0.15, 0.2) is 24.3 Å². The molecule has 0 N–H and O–H groups in total. The van der Waals surface area contributed by atoms with Crippen LogP contribution in [0.5, 0.6) is 11.5 Å². The highest BCUT2D eigenvalue weighted by molar-refractivity contribution is 7.87. The third-order valence-corrected chi connectivity index (χ3v) is 3.28. The number of hydrogen-bond acceptors (Lipinski definition) is 6. The van der Waals surface area contributed by atoms with Crippen LogP contribution in [-0.4, -0.2) is 28.8 Å². The molecule has 0 radical (unpaired) electrons. The van der Waals surface area contributed by atoms with Gasteiger partial charge in [0.2, 0.25) is 0 Å². The summed E-state index contributed by atoms with van der Waals surface area (Å²) in [6.45, 7) is 1.41. The molecule has 0 unspecified atom stereocenters. The van der Waals surface area contributed by atoms with Crippen LogP contribution in [0, 0.1) is 0 Å². The molecule has 0 saturated carbocycles. The minimum atomic E-state index is -3.74. The average molecular weight is 280 g/mol. The number of rotatable bonds is 5. The van der Waals surface area contributed by atoms with Crippen LogP contribution < -0.4 is 8.37 Å². The summed E-state index contributed by atoms with van der Waals surface area (Å²) < 4.78 is 53.8. The molecule has 1 rings (SSSR count). The zero-order valence-electron chi connectivity index (χ0n) is 9.28. The number of benzene rings is 1. The van der Waals surface area contributed by atoms with Gasteiger partial charge in [0.15, 0.2) is 11.5 Å². The van der Waals surface area contributed by atoms with E-state index < -0.39 is 20.2 Å². The fourth-order valence-corrected chi connectivity index (χ4v) is 1.94. The first-order valence-electron chi connectivity index (χ1n) is 4.64. The highest BCUT2D eigenvalue weighted by atomic mass is 32.2. The van der Waals surface area contributed by atoms with Crippen molar-refractivity contribution in [3.8, 4) is 11.5 Å². The van der Waals surface area contributed by atoms with Crippen LogP contribution in [0.1, 0.15) is 6.92 Å². The van der Waals surface area contributed by atoms with Crippen LogP contribution in [0.2, 0.25) is 0 Å². The molecule has 1 aromatic rings. The lowest BCUT2D eigenvalue weighted by Gasteiger charge is -2.09. The van der Waals surface area contributed by atoms with Crippen LogP contribution in [0.25, 0.3) is 0 Å². The van der Waals surface area contributed by atoms with Crippen LogP contribution >= 0.6 is 0 Å². The van der Waals surface area contributed by atoms with Crippen molar-refractivity contribution in [1.82, 2.24) is 0 Å². The van der Waals surface area contributed by atoms with E-state index in [1.54, 1.807) is 0 Å². The summed E-state index contributed by atoms with van der Waals surface area (Å²) in [5.74, 6) is -0.535.